The number of ether oxygens (including phenoxy) is 2. The van der Waals surface area contributed by atoms with Crippen molar-refractivity contribution in [1.82, 2.24) is 15.5 Å². The van der Waals surface area contributed by atoms with Crippen molar-refractivity contribution >= 4 is 5.91 Å². The van der Waals surface area contributed by atoms with E-state index in [0.717, 1.165) is 12.0 Å². The van der Waals surface area contributed by atoms with Crippen molar-refractivity contribution in [1.29, 1.82) is 0 Å². The highest BCUT2D eigenvalue weighted by Crippen LogP contribution is 2.25. The lowest BCUT2D eigenvalue weighted by Gasteiger charge is -2.11. The highest BCUT2D eigenvalue weighted by Gasteiger charge is 2.09. The van der Waals surface area contributed by atoms with E-state index >= 15 is 0 Å². The van der Waals surface area contributed by atoms with Crippen LogP contribution in [0, 0.1) is 0 Å². The normalized spacial score (nSPS) is 11.5. The van der Waals surface area contributed by atoms with E-state index in [1.165, 1.54) is 0 Å². The van der Waals surface area contributed by atoms with Gasteiger partial charge in [0.05, 0.1) is 12.8 Å². The summed E-state index contributed by atoms with van der Waals surface area (Å²) in [7, 11) is 1.60. The Morgan fingerprint density at radius 1 is 1.04 bits per heavy atom. The Labute approximate surface area is 164 Å². The van der Waals surface area contributed by atoms with Gasteiger partial charge < -0.3 is 14.8 Å². The molecule has 1 heterocycles. The third-order valence-corrected chi connectivity index (χ3v) is 4.34. The van der Waals surface area contributed by atoms with Crippen LogP contribution in [0.1, 0.15) is 30.6 Å². The monoisotopic (exact) mass is 377 g/mol. The Hall–Kier alpha value is -3.41. The van der Waals surface area contributed by atoms with E-state index in [-0.39, 0.29) is 11.9 Å². The number of rotatable bonds is 7. The van der Waals surface area contributed by atoms with Crippen LogP contribution in [0.3, 0.4) is 0 Å². The minimum Gasteiger partial charge on any atom is -0.497 e. The average molecular weight is 377 g/mol. The lowest BCUT2D eigenvalue weighted by Crippen LogP contribution is -2.31. The molecule has 1 atom stereocenters. The van der Waals surface area contributed by atoms with Gasteiger partial charge in [0.2, 0.25) is 5.88 Å². The Balaban J connectivity index is 1.68. The number of benzene rings is 2. The molecule has 0 unspecified atom stereocenters. The molecule has 1 aromatic heterocycles. The largest absolute Gasteiger partial charge is 0.497 e. The molecule has 0 saturated heterocycles. The smallest absolute Gasteiger partial charge is 0.251 e. The van der Waals surface area contributed by atoms with Crippen LogP contribution in [-0.4, -0.2) is 29.3 Å². The fraction of sp³-hybridized carbons (Fsp3) is 0.227. The number of carbonyl (C=O) groups excluding carboxylic acids is 1. The predicted octanol–water partition coefficient (Wildman–Crippen LogP) is 4.47. The van der Waals surface area contributed by atoms with Crippen molar-refractivity contribution in [3.05, 3.63) is 66.2 Å². The molecule has 0 bridgehead atoms. The Kier molecular flexibility index (Phi) is 6.22. The topological polar surface area (TPSA) is 73.3 Å². The number of methoxy groups -OCH3 is 1. The molecule has 6 heteroatoms. The number of hydrogen-bond acceptors (Lipinski definition) is 5. The predicted molar refractivity (Wildman–Crippen MR) is 108 cm³/mol. The summed E-state index contributed by atoms with van der Waals surface area (Å²) in [5.41, 5.74) is 2.20. The van der Waals surface area contributed by atoms with Gasteiger partial charge in [-0.15, -0.1) is 10.2 Å². The Morgan fingerprint density at radius 2 is 1.79 bits per heavy atom. The summed E-state index contributed by atoms with van der Waals surface area (Å²) in [5, 5.41) is 11.3. The van der Waals surface area contributed by atoms with E-state index in [4.69, 9.17) is 9.47 Å². The molecule has 0 saturated carbocycles. The highest BCUT2D eigenvalue weighted by atomic mass is 16.5. The van der Waals surface area contributed by atoms with Crippen molar-refractivity contribution in [2.45, 2.75) is 26.3 Å². The van der Waals surface area contributed by atoms with Gasteiger partial charge in [0, 0.05) is 29.3 Å². The molecule has 6 nitrogen and oxygen atoms in total. The van der Waals surface area contributed by atoms with Crippen LogP contribution in [0.15, 0.2) is 60.7 Å². The maximum absolute atomic E-state index is 12.2. The Morgan fingerprint density at radius 3 is 2.43 bits per heavy atom. The van der Waals surface area contributed by atoms with Gasteiger partial charge in [0.25, 0.3) is 5.91 Å². The summed E-state index contributed by atoms with van der Waals surface area (Å²) in [5.74, 6) is 1.65. The maximum Gasteiger partial charge on any atom is 0.251 e. The van der Waals surface area contributed by atoms with E-state index in [2.05, 4.69) is 15.5 Å². The molecule has 1 N–H and O–H groups in total. The second kappa shape index (κ2) is 8.99. The minimum atomic E-state index is -0.0750. The van der Waals surface area contributed by atoms with E-state index in [0.29, 0.717) is 28.6 Å². The summed E-state index contributed by atoms with van der Waals surface area (Å²) >= 11 is 0. The van der Waals surface area contributed by atoms with Gasteiger partial charge in [-0.2, -0.15) is 0 Å². The van der Waals surface area contributed by atoms with Crippen molar-refractivity contribution in [2.24, 2.45) is 0 Å². The zero-order valence-electron chi connectivity index (χ0n) is 16.2. The first-order valence-electron chi connectivity index (χ1n) is 9.16. The number of nitrogens with zero attached hydrogens (tertiary/aromatic N) is 2. The summed E-state index contributed by atoms with van der Waals surface area (Å²) in [6.45, 7) is 4.02. The van der Waals surface area contributed by atoms with Gasteiger partial charge >= 0.3 is 0 Å². The quantitative estimate of drug-likeness (QED) is 0.657. The van der Waals surface area contributed by atoms with E-state index in [1.54, 1.807) is 31.4 Å². The van der Waals surface area contributed by atoms with E-state index < -0.39 is 0 Å². The first-order chi connectivity index (χ1) is 13.6. The van der Waals surface area contributed by atoms with E-state index in [1.807, 2.05) is 50.2 Å². The highest BCUT2D eigenvalue weighted by molar-refractivity contribution is 5.94. The first-order valence-corrected chi connectivity index (χ1v) is 9.16. The van der Waals surface area contributed by atoms with Gasteiger partial charge in [0.1, 0.15) is 11.5 Å². The summed E-state index contributed by atoms with van der Waals surface area (Å²) in [6.07, 6.45) is 0.892. The number of aromatic nitrogens is 2. The molecule has 3 aromatic rings. The van der Waals surface area contributed by atoms with Crippen molar-refractivity contribution < 1.29 is 14.3 Å². The number of amides is 1. The Bertz CT molecular complexity index is 925. The van der Waals surface area contributed by atoms with Crippen molar-refractivity contribution in [3.8, 4) is 28.6 Å². The molecule has 144 valence electrons. The molecule has 0 fully saturated rings. The summed E-state index contributed by atoms with van der Waals surface area (Å²) in [4.78, 5) is 12.2. The molecule has 2 aromatic carbocycles. The van der Waals surface area contributed by atoms with Crippen molar-refractivity contribution in [2.75, 3.05) is 7.11 Å². The fourth-order valence-corrected chi connectivity index (χ4v) is 2.52. The number of nitrogens with one attached hydrogen (secondary N) is 1. The molecule has 3 rings (SSSR count). The zero-order chi connectivity index (χ0) is 19.9. The third kappa shape index (κ3) is 4.85. The standard InChI is InChI=1S/C22H23N3O3/c1-4-15(2)23-22(26)17-10-8-16(9-11-17)20-12-13-21(25-24-20)28-19-7-5-6-18(14-19)27-3/h5-15H,4H2,1-3H3,(H,23,26)/t15-/m1/s1. The fourth-order valence-electron chi connectivity index (χ4n) is 2.52. The third-order valence-electron chi connectivity index (χ3n) is 4.34. The van der Waals surface area contributed by atoms with Gasteiger partial charge in [-0.05, 0) is 43.7 Å². The number of hydrogen-bond donors (Lipinski definition) is 1. The average Bonchev–Trinajstić information content (AvgIpc) is 2.74. The molecular formula is C22H23N3O3. The van der Waals surface area contributed by atoms with Crippen LogP contribution >= 0.6 is 0 Å². The van der Waals surface area contributed by atoms with Crippen molar-refractivity contribution in [3.63, 3.8) is 0 Å². The minimum absolute atomic E-state index is 0.0750. The molecular weight excluding hydrogens is 354 g/mol. The van der Waals surface area contributed by atoms with E-state index in [9.17, 15) is 4.79 Å². The lowest BCUT2D eigenvalue weighted by molar-refractivity contribution is 0.0939. The zero-order valence-corrected chi connectivity index (χ0v) is 16.2. The van der Waals surface area contributed by atoms with Gasteiger partial charge in [-0.1, -0.05) is 25.1 Å². The van der Waals surface area contributed by atoms with Gasteiger partial charge in [0.15, 0.2) is 0 Å². The van der Waals surface area contributed by atoms with Gasteiger partial charge in [-0.3, -0.25) is 4.79 Å². The molecule has 0 aliphatic carbocycles. The molecule has 28 heavy (non-hydrogen) atoms. The van der Waals surface area contributed by atoms with Crippen LogP contribution < -0.4 is 14.8 Å². The van der Waals surface area contributed by atoms with Crippen LogP contribution in [0.2, 0.25) is 0 Å². The molecule has 0 radical (unpaired) electrons. The molecule has 1 amide bonds. The maximum atomic E-state index is 12.2. The van der Waals surface area contributed by atoms with Gasteiger partial charge in [-0.25, -0.2) is 0 Å². The molecule has 0 aliphatic rings. The second-order valence-electron chi connectivity index (χ2n) is 6.40. The number of carbonyl (C=O) groups is 1. The van der Waals surface area contributed by atoms with Crippen LogP contribution in [0.5, 0.6) is 17.4 Å². The SMILES string of the molecule is CC[C@@H](C)NC(=O)c1ccc(-c2ccc(Oc3cccc(OC)c3)nn2)cc1. The molecule has 0 spiro atoms. The first kappa shape index (κ1) is 19.4. The summed E-state index contributed by atoms with van der Waals surface area (Å²) in [6, 6.07) is 18.3. The summed E-state index contributed by atoms with van der Waals surface area (Å²) < 4.78 is 10.9. The van der Waals surface area contributed by atoms with Crippen LogP contribution in [0.25, 0.3) is 11.3 Å². The second-order valence-corrected chi connectivity index (χ2v) is 6.40. The molecule has 0 aliphatic heterocycles. The lowest BCUT2D eigenvalue weighted by atomic mass is 10.1. The van der Waals surface area contributed by atoms with Crippen LogP contribution in [-0.2, 0) is 0 Å². The van der Waals surface area contributed by atoms with Crippen LogP contribution in [0.4, 0.5) is 0 Å².